The fourth-order valence-electron chi connectivity index (χ4n) is 2.61. The van der Waals surface area contributed by atoms with Crippen LogP contribution in [0.4, 0.5) is 10.1 Å². The summed E-state index contributed by atoms with van der Waals surface area (Å²) in [6.07, 6.45) is -0.106. The van der Waals surface area contributed by atoms with Gasteiger partial charge in [-0.15, -0.1) is 0 Å². The maximum atomic E-state index is 13.5. The van der Waals surface area contributed by atoms with E-state index in [4.69, 9.17) is 16.7 Å². The number of anilines is 1. The fraction of sp³-hybridized carbons (Fsp3) is 0.176. The van der Waals surface area contributed by atoms with Gasteiger partial charge in [0.15, 0.2) is 6.30 Å². The van der Waals surface area contributed by atoms with Gasteiger partial charge < -0.3 is 5.32 Å². The Labute approximate surface area is 160 Å². The fourth-order valence-corrected chi connectivity index (χ4v) is 3.53. The molecular weight excluding hydrogens is 395 g/mol. The summed E-state index contributed by atoms with van der Waals surface area (Å²) in [6, 6.07) is 9.59. The molecule has 0 aliphatic rings. The molecule has 2 aromatic carbocycles. The SMILES string of the molecule is CC(F)n1cc2cc(NC(=O)Cc3ccccc3Cl)cc(S(N)(=O)=O)c2n1. The molecule has 7 nitrogen and oxygen atoms in total. The topological polar surface area (TPSA) is 107 Å². The van der Waals surface area contributed by atoms with E-state index in [1.165, 1.54) is 25.3 Å². The number of benzene rings is 2. The van der Waals surface area contributed by atoms with Crippen LogP contribution >= 0.6 is 11.6 Å². The van der Waals surface area contributed by atoms with Gasteiger partial charge in [-0.2, -0.15) is 5.10 Å². The molecule has 1 unspecified atom stereocenters. The summed E-state index contributed by atoms with van der Waals surface area (Å²) in [6.45, 7) is 1.26. The van der Waals surface area contributed by atoms with Crippen molar-refractivity contribution < 1.29 is 17.6 Å². The first-order chi connectivity index (χ1) is 12.6. The van der Waals surface area contributed by atoms with Gasteiger partial charge in [0.25, 0.3) is 0 Å². The molecule has 3 aromatic rings. The first-order valence-corrected chi connectivity index (χ1v) is 9.80. The Balaban J connectivity index is 1.97. The number of nitrogens with one attached hydrogen (secondary N) is 1. The van der Waals surface area contributed by atoms with Crippen LogP contribution in [0, 0.1) is 0 Å². The highest BCUT2D eigenvalue weighted by atomic mass is 35.5. The van der Waals surface area contributed by atoms with Crippen LogP contribution in [-0.4, -0.2) is 24.1 Å². The molecule has 142 valence electrons. The lowest BCUT2D eigenvalue weighted by molar-refractivity contribution is -0.115. The van der Waals surface area contributed by atoms with Gasteiger partial charge >= 0.3 is 0 Å². The van der Waals surface area contributed by atoms with E-state index in [0.717, 1.165) is 4.68 Å². The van der Waals surface area contributed by atoms with Crippen LogP contribution in [0.3, 0.4) is 0 Å². The third-order valence-corrected chi connectivity index (χ3v) is 5.15. The lowest BCUT2D eigenvalue weighted by atomic mass is 10.1. The molecular formula is C17H16ClFN4O3S. The molecule has 0 bridgehead atoms. The number of carbonyl (C=O) groups excluding carboxylic acids is 1. The van der Waals surface area contributed by atoms with Crippen molar-refractivity contribution in [3.8, 4) is 0 Å². The molecule has 0 saturated heterocycles. The zero-order chi connectivity index (χ0) is 19.8. The molecule has 3 N–H and O–H groups in total. The van der Waals surface area contributed by atoms with Gasteiger partial charge in [-0.3, -0.25) is 4.79 Å². The summed E-state index contributed by atoms with van der Waals surface area (Å²) in [4.78, 5) is 12.0. The van der Waals surface area contributed by atoms with Crippen LogP contribution in [-0.2, 0) is 21.2 Å². The molecule has 1 heterocycles. The number of carbonyl (C=O) groups is 1. The Morgan fingerprint density at radius 1 is 1.37 bits per heavy atom. The minimum atomic E-state index is -4.14. The molecule has 27 heavy (non-hydrogen) atoms. The molecule has 1 atom stereocenters. The van der Waals surface area contributed by atoms with Crippen molar-refractivity contribution in [3.05, 3.63) is 53.2 Å². The van der Waals surface area contributed by atoms with Crippen molar-refractivity contribution in [2.45, 2.75) is 24.5 Å². The number of alkyl halides is 1. The highest BCUT2D eigenvalue weighted by Gasteiger charge is 2.19. The molecule has 1 amide bonds. The lowest BCUT2D eigenvalue weighted by Gasteiger charge is -2.08. The average molecular weight is 411 g/mol. The Bertz CT molecular complexity index is 1130. The van der Waals surface area contributed by atoms with E-state index in [0.29, 0.717) is 16.0 Å². The number of amides is 1. The van der Waals surface area contributed by atoms with Crippen LogP contribution in [0.2, 0.25) is 5.02 Å². The zero-order valence-corrected chi connectivity index (χ0v) is 15.8. The summed E-state index contributed by atoms with van der Waals surface area (Å²) < 4.78 is 38.3. The van der Waals surface area contributed by atoms with Crippen LogP contribution in [0.15, 0.2) is 47.5 Å². The summed E-state index contributed by atoms with van der Waals surface area (Å²) in [5.41, 5.74) is 0.865. The zero-order valence-electron chi connectivity index (χ0n) is 14.2. The van der Waals surface area contributed by atoms with E-state index in [1.807, 2.05) is 0 Å². The highest BCUT2D eigenvalue weighted by molar-refractivity contribution is 7.89. The third kappa shape index (κ3) is 4.26. The molecule has 0 aliphatic carbocycles. The Hall–Kier alpha value is -2.49. The van der Waals surface area contributed by atoms with Gasteiger partial charge in [0, 0.05) is 22.3 Å². The Morgan fingerprint density at radius 2 is 2.07 bits per heavy atom. The second kappa shape index (κ2) is 7.26. The van der Waals surface area contributed by atoms with E-state index in [-0.39, 0.29) is 22.5 Å². The average Bonchev–Trinajstić information content (AvgIpc) is 2.99. The maximum Gasteiger partial charge on any atom is 0.240 e. The minimum Gasteiger partial charge on any atom is -0.326 e. The summed E-state index contributed by atoms with van der Waals surface area (Å²) in [7, 11) is -4.14. The number of aromatic nitrogens is 2. The number of sulfonamides is 1. The summed E-state index contributed by atoms with van der Waals surface area (Å²) in [5.74, 6) is -0.394. The van der Waals surface area contributed by atoms with E-state index >= 15 is 0 Å². The highest BCUT2D eigenvalue weighted by Crippen LogP contribution is 2.27. The minimum absolute atomic E-state index is 0.00317. The quantitative estimate of drug-likeness (QED) is 0.674. The number of nitrogens with zero attached hydrogens (tertiary/aromatic N) is 2. The second-order valence-electron chi connectivity index (χ2n) is 5.96. The van der Waals surface area contributed by atoms with Crippen LogP contribution < -0.4 is 10.5 Å². The van der Waals surface area contributed by atoms with Crippen molar-refractivity contribution in [1.82, 2.24) is 9.78 Å². The van der Waals surface area contributed by atoms with Crippen LogP contribution in [0.1, 0.15) is 18.8 Å². The lowest BCUT2D eigenvalue weighted by Crippen LogP contribution is -2.17. The molecule has 1 aromatic heterocycles. The van der Waals surface area contributed by atoms with Crippen molar-refractivity contribution in [3.63, 3.8) is 0 Å². The predicted molar refractivity (Wildman–Crippen MR) is 101 cm³/mol. The first-order valence-electron chi connectivity index (χ1n) is 7.88. The Kier molecular flexibility index (Phi) is 5.18. The van der Waals surface area contributed by atoms with E-state index in [2.05, 4.69) is 10.4 Å². The number of primary sulfonamides is 1. The number of fused-ring (bicyclic) bond motifs is 1. The number of hydrogen-bond donors (Lipinski definition) is 2. The van der Waals surface area contributed by atoms with Crippen LogP contribution in [0.5, 0.6) is 0 Å². The summed E-state index contributed by atoms with van der Waals surface area (Å²) in [5, 5.41) is 12.6. The number of rotatable bonds is 5. The number of halogens is 2. The Morgan fingerprint density at radius 3 is 2.70 bits per heavy atom. The van der Waals surface area contributed by atoms with Crippen molar-refractivity contribution in [2.75, 3.05) is 5.32 Å². The van der Waals surface area contributed by atoms with E-state index in [1.54, 1.807) is 24.3 Å². The molecule has 0 aliphatic heterocycles. The van der Waals surface area contributed by atoms with Crippen molar-refractivity contribution >= 4 is 44.1 Å². The standard InChI is InChI=1S/C17H16ClFN4O3S/c1-10(19)23-9-12-6-13(8-15(17(12)22-23)27(20,25)26)21-16(24)7-11-4-2-3-5-14(11)18/h2-6,8-10H,7H2,1H3,(H,21,24)(H2,20,25,26). The third-order valence-electron chi connectivity index (χ3n) is 3.85. The molecule has 0 radical (unpaired) electrons. The largest absolute Gasteiger partial charge is 0.326 e. The molecule has 10 heteroatoms. The number of nitrogens with two attached hydrogens (primary N) is 1. The van der Waals surface area contributed by atoms with Gasteiger partial charge in [0.05, 0.1) is 6.42 Å². The van der Waals surface area contributed by atoms with Crippen LogP contribution in [0.25, 0.3) is 10.9 Å². The van der Waals surface area contributed by atoms with Gasteiger partial charge in [0.2, 0.25) is 15.9 Å². The normalized spacial score (nSPS) is 12.9. The summed E-state index contributed by atoms with van der Waals surface area (Å²) >= 11 is 6.04. The monoisotopic (exact) mass is 410 g/mol. The second-order valence-corrected chi connectivity index (χ2v) is 7.89. The van der Waals surface area contributed by atoms with Gasteiger partial charge in [-0.1, -0.05) is 29.8 Å². The predicted octanol–water partition coefficient (Wildman–Crippen LogP) is 3.01. The van der Waals surface area contributed by atoms with Gasteiger partial charge in [-0.05, 0) is 30.7 Å². The molecule has 0 fully saturated rings. The first kappa shape index (κ1) is 19.3. The van der Waals surface area contributed by atoms with E-state index < -0.39 is 22.2 Å². The maximum absolute atomic E-state index is 13.5. The van der Waals surface area contributed by atoms with Crippen molar-refractivity contribution in [1.29, 1.82) is 0 Å². The number of hydrogen-bond acceptors (Lipinski definition) is 4. The van der Waals surface area contributed by atoms with Gasteiger partial charge in [-0.25, -0.2) is 22.6 Å². The van der Waals surface area contributed by atoms with Gasteiger partial charge in [0.1, 0.15) is 10.4 Å². The van der Waals surface area contributed by atoms with E-state index in [9.17, 15) is 17.6 Å². The van der Waals surface area contributed by atoms with Crippen molar-refractivity contribution in [2.24, 2.45) is 5.14 Å². The smallest absolute Gasteiger partial charge is 0.240 e. The molecule has 0 saturated carbocycles. The molecule has 0 spiro atoms. The molecule has 3 rings (SSSR count).